The monoisotopic (exact) mass is 248 g/mol. The second-order valence-electron chi connectivity index (χ2n) is 4.00. The number of aromatic nitrogens is 1. The molecule has 0 amide bonds. The van der Waals surface area contributed by atoms with Crippen molar-refractivity contribution in [3.63, 3.8) is 0 Å². The van der Waals surface area contributed by atoms with Crippen LogP contribution in [0.15, 0.2) is 29.6 Å². The number of hydrogen-bond acceptors (Lipinski definition) is 4. The van der Waals surface area contributed by atoms with Gasteiger partial charge in [0.1, 0.15) is 0 Å². The number of benzene rings is 1. The second-order valence-corrected chi connectivity index (χ2v) is 4.94. The Morgan fingerprint density at radius 2 is 2.06 bits per heavy atom. The molecule has 0 aliphatic heterocycles. The number of anilines is 1. The minimum Gasteiger partial charge on any atom is -0.399 e. The van der Waals surface area contributed by atoms with E-state index in [1.54, 1.807) is 18.4 Å². The summed E-state index contributed by atoms with van der Waals surface area (Å²) in [5.41, 5.74) is 8.55. The zero-order chi connectivity index (χ0) is 12.3. The molecular weight excluding hydrogens is 232 g/mol. The number of ether oxygens (including phenoxy) is 1. The molecule has 0 saturated carbocycles. The van der Waals surface area contributed by atoms with Gasteiger partial charge in [0.25, 0.3) is 0 Å². The van der Waals surface area contributed by atoms with E-state index in [1.165, 1.54) is 0 Å². The average molecular weight is 248 g/mol. The predicted octanol–water partition coefficient (Wildman–Crippen LogP) is 2.97. The zero-order valence-corrected chi connectivity index (χ0v) is 10.8. The van der Waals surface area contributed by atoms with Gasteiger partial charge in [0.2, 0.25) is 0 Å². The van der Waals surface area contributed by atoms with Crippen molar-refractivity contribution in [2.75, 3.05) is 12.8 Å². The van der Waals surface area contributed by atoms with Gasteiger partial charge in [-0.3, -0.25) is 0 Å². The second kappa shape index (κ2) is 5.29. The predicted molar refractivity (Wildman–Crippen MR) is 72.1 cm³/mol. The standard InChI is InChI=1S/C13H16N2OS/c1-9(16-2)7-13-15-12(8-17-13)10-3-5-11(14)6-4-10/h3-6,8-9H,7,14H2,1-2H3. The third-order valence-corrected chi connectivity index (χ3v) is 3.49. The summed E-state index contributed by atoms with van der Waals surface area (Å²) in [5.74, 6) is 0. The Morgan fingerprint density at radius 1 is 1.35 bits per heavy atom. The molecule has 2 rings (SSSR count). The highest BCUT2D eigenvalue weighted by Crippen LogP contribution is 2.23. The van der Waals surface area contributed by atoms with Gasteiger partial charge in [-0.25, -0.2) is 4.98 Å². The van der Waals surface area contributed by atoms with E-state index in [4.69, 9.17) is 10.5 Å². The van der Waals surface area contributed by atoms with Gasteiger partial charge in [-0.15, -0.1) is 11.3 Å². The first-order valence-electron chi connectivity index (χ1n) is 5.52. The van der Waals surface area contributed by atoms with E-state index >= 15 is 0 Å². The molecule has 17 heavy (non-hydrogen) atoms. The van der Waals surface area contributed by atoms with E-state index in [1.807, 2.05) is 31.2 Å². The minimum absolute atomic E-state index is 0.209. The van der Waals surface area contributed by atoms with E-state index in [9.17, 15) is 0 Å². The number of rotatable bonds is 4. The highest BCUT2D eigenvalue weighted by Gasteiger charge is 2.07. The molecule has 1 aromatic carbocycles. The molecule has 1 heterocycles. The van der Waals surface area contributed by atoms with Gasteiger partial charge in [0.05, 0.1) is 16.8 Å². The fraction of sp³-hybridized carbons (Fsp3) is 0.308. The van der Waals surface area contributed by atoms with Gasteiger partial charge >= 0.3 is 0 Å². The maximum absolute atomic E-state index is 5.66. The van der Waals surface area contributed by atoms with Crippen LogP contribution in [0.4, 0.5) is 5.69 Å². The smallest absolute Gasteiger partial charge is 0.0958 e. The quantitative estimate of drug-likeness (QED) is 0.846. The summed E-state index contributed by atoms with van der Waals surface area (Å²) < 4.78 is 5.23. The van der Waals surface area contributed by atoms with Crippen molar-refractivity contribution >= 4 is 17.0 Å². The third-order valence-electron chi connectivity index (χ3n) is 2.62. The molecule has 0 aliphatic rings. The van der Waals surface area contributed by atoms with Gasteiger partial charge in [-0.1, -0.05) is 12.1 Å². The van der Waals surface area contributed by atoms with Crippen LogP contribution < -0.4 is 5.73 Å². The van der Waals surface area contributed by atoms with E-state index in [0.29, 0.717) is 0 Å². The molecule has 2 aromatic rings. The molecule has 0 bridgehead atoms. The summed E-state index contributed by atoms with van der Waals surface area (Å²) in [5, 5.41) is 3.18. The molecule has 0 spiro atoms. The summed E-state index contributed by atoms with van der Waals surface area (Å²) in [4.78, 5) is 4.60. The Kier molecular flexibility index (Phi) is 3.76. The molecule has 1 unspecified atom stereocenters. The lowest BCUT2D eigenvalue weighted by Gasteiger charge is -2.05. The first kappa shape index (κ1) is 12.1. The lowest BCUT2D eigenvalue weighted by molar-refractivity contribution is 0.119. The fourth-order valence-electron chi connectivity index (χ4n) is 1.52. The Bertz CT molecular complexity index is 478. The Labute approximate surface area is 105 Å². The van der Waals surface area contributed by atoms with E-state index < -0.39 is 0 Å². The lowest BCUT2D eigenvalue weighted by Crippen LogP contribution is -2.08. The van der Waals surface area contributed by atoms with Gasteiger partial charge in [0.15, 0.2) is 0 Å². The maximum Gasteiger partial charge on any atom is 0.0958 e. The maximum atomic E-state index is 5.66. The number of nitrogens with zero attached hydrogens (tertiary/aromatic N) is 1. The van der Waals surface area contributed by atoms with Crippen LogP contribution in [-0.4, -0.2) is 18.2 Å². The molecule has 1 atom stereocenters. The van der Waals surface area contributed by atoms with Gasteiger partial charge in [-0.05, 0) is 19.1 Å². The summed E-state index contributed by atoms with van der Waals surface area (Å²) in [6.07, 6.45) is 1.07. The van der Waals surface area contributed by atoms with Gasteiger partial charge in [0, 0.05) is 30.2 Å². The van der Waals surface area contributed by atoms with Gasteiger partial charge < -0.3 is 10.5 Å². The summed E-state index contributed by atoms with van der Waals surface area (Å²) in [6, 6.07) is 7.78. The number of nitrogens with two attached hydrogens (primary N) is 1. The summed E-state index contributed by atoms with van der Waals surface area (Å²) >= 11 is 1.67. The van der Waals surface area contributed by atoms with Crippen molar-refractivity contribution in [1.29, 1.82) is 0 Å². The lowest BCUT2D eigenvalue weighted by atomic mass is 10.1. The number of nitrogen functional groups attached to an aromatic ring is 1. The highest BCUT2D eigenvalue weighted by molar-refractivity contribution is 7.09. The first-order chi connectivity index (χ1) is 8.19. The van der Waals surface area contributed by atoms with Crippen LogP contribution in [0.1, 0.15) is 11.9 Å². The largest absolute Gasteiger partial charge is 0.399 e. The molecule has 0 fully saturated rings. The van der Waals surface area contributed by atoms with Crippen LogP contribution in [0.2, 0.25) is 0 Å². The first-order valence-corrected chi connectivity index (χ1v) is 6.40. The van der Waals surface area contributed by atoms with Crippen molar-refractivity contribution in [2.24, 2.45) is 0 Å². The minimum atomic E-state index is 0.209. The van der Waals surface area contributed by atoms with E-state index in [-0.39, 0.29) is 6.10 Å². The van der Waals surface area contributed by atoms with Gasteiger partial charge in [-0.2, -0.15) is 0 Å². The molecular formula is C13H16N2OS. The van der Waals surface area contributed by atoms with Crippen LogP contribution in [0.3, 0.4) is 0 Å². The van der Waals surface area contributed by atoms with Crippen molar-refractivity contribution in [2.45, 2.75) is 19.4 Å². The molecule has 1 aromatic heterocycles. The topological polar surface area (TPSA) is 48.1 Å². The van der Waals surface area contributed by atoms with E-state index in [0.717, 1.165) is 28.4 Å². The van der Waals surface area contributed by atoms with Crippen molar-refractivity contribution in [1.82, 2.24) is 4.98 Å². The average Bonchev–Trinajstić information content (AvgIpc) is 2.78. The van der Waals surface area contributed by atoms with E-state index in [2.05, 4.69) is 10.4 Å². The van der Waals surface area contributed by atoms with Crippen molar-refractivity contribution < 1.29 is 4.74 Å². The molecule has 0 aliphatic carbocycles. The molecule has 3 nitrogen and oxygen atoms in total. The third kappa shape index (κ3) is 3.05. The zero-order valence-electron chi connectivity index (χ0n) is 10.0. The Morgan fingerprint density at radius 3 is 2.71 bits per heavy atom. The molecule has 2 N–H and O–H groups in total. The molecule has 0 saturated heterocycles. The number of thiazole rings is 1. The van der Waals surface area contributed by atoms with Crippen LogP contribution in [0.5, 0.6) is 0 Å². The molecule has 0 radical (unpaired) electrons. The number of hydrogen-bond donors (Lipinski definition) is 1. The van der Waals surface area contributed by atoms with Crippen LogP contribution >= 0.6 is 11.3 Å². The summed E-state index contributed by atoms with van der Waals surface area (Å²) in [7, 11) is 1.72. The molecule has 4 heteroatoms. The SMILES string of the molecule is COC(C)Cc1nc(-c2ccc(N)cc2)cs1. The molecule has 90 valence electrons. The van der Waals surface area contributed by atoms with Crippen LogP contribution in [0, 0.1) is 0 Å². The Balaban J connectivity index is 2.15. The van der Waals surface area contributed by atoms with Crippen molar-refractivity contribution in [3.05, 3.63) is 34.7 Å². The van der Waals surface area contributed by atoms with Crippen LogP contribution in [-0.2, 0) is 11.2 Å². The fourth-order valence-corrected chi connectivity index (χ4v) is 2.44. The van der Waals surface area contributed by atoms with Crippen LogP contribution in [0.25, 0.3) is 11.3 Å². The highest BCUT2D eigenvalue weighted by atomic mass is 32.1. The van der Waals surface area contributed by atoms with Crippen molar-refractivity contribution in [3.8, 4) is 11.3 Å². The summed E-state index contributed by atoms with van der Waals surface area (Å²) in [6.45, 7) is 2.05. The number of methoxy groups -OCH3 is 1. The normalized spacial score (nSPS) is 12.6. The Hall–Kier alpha value is -1.39.